The maximum Gasteiger partial charge on any atom is 0.527 e. The summed E-state index contributed by atoms with van der Waals surface area (Å²) < 4.78 is 12.2. The van der Waals surface area contributed by atoms with Crippen LogP contribution in [0.3, 0.4) is 0 Å². The standard InChI is InChI=1S/C33H43N7O10/c1-3-48-33(47)50-38-18-16-37(17-19-38)32(46)24(13-14-28(41)42)35-29(43)25-20-27(40(36-25)23-8-5-4-6-9-23)49-21(2)31(45)39-15-7-10-26(39)30(44)34-22-11-12-22/h4-6,8-9,20-22,24,26H,3,7,10-19H2,1-2H3,(H,34,44)(H,35,43)(H,41,42)/t21-,24?,26-/m0/s1. The first-order chi connectivity index (χ1) is 24.0. The highest BCUT2D eigenvalue weighted by Gasteiger charge is 2.39. The monoisotopic (exact) mass is 697 g/mol. The van der Waals surface area contributed by atoms with Crippen LogP contribution in [0.25, 0.3) is 5.69 Å². The third-order valence-corrected chi connectivity index (χ3v) is 8.58. The van der Waals surface area contributed by atoms with E-state index in [9.17, 15) is 33.9 Å². The third kappa shape index (κ3) is 9.28. The number of rotatable bonds is 14. The van der Waals surface area contributed by atoms with Crippen molar-refractivity contribution in [1.29, 1.82) is 0 Å². The molecule has 3 atom stereocenters. The van der Waals surface area contributed by atoms with Crippen molar-refractivity contribution in [2.45, 2.75) is 76.6 Å². The van der Waals surface area contributed by atoms with E-state index >= 15 is 0 Å². The van der Waals surface area contributed by atoms with Crippen LogP contribution >= 0.6 is 0 Å². The van der Waals surface area contributed by atoms with Gasteiger partial charge in [0.15, 0.2) is 11.8 Å². The van der Waals surface area contributed by atoms with E-state index in [1.807, 2.05) is 0 Å². The molecule has 1 aliphatic carbocycles. The highest BCUT2D eigenvalue weighted by Crippen LogP contribution is 2.25. The van der Waals surface area contributed by atoms with Gasteiger partial charge in [-0.15, -0.1) is 5.06 Å². The average Bonchev–Trinajstić information content (AvgIpc) is 3.59. The molecule has 17 nitrogen and oxygen atoms in total. The first-order valence-corrected chi connectivity index (χ1v) is 16.9. The first kappa shape index (κ1) is 36.1. The van der Waals surface area contributed by atoms with Crippen molar-refractivity contribution in [3.05, 3.63) is 42.1 Å². The lowest BCUT2D eigenvalue weighted by Gasteiger charge is -2.35. The SMILES string of the molecule is CCOC(=O)ON1CCN(C(=O)C(CCC(=O)O)NC(=O)c2cc(O[C@@H](C)C(=O)N3CCC[C@H]3C(=O)NC3CC3)n(-c3ccccc3)n2)CC1. The predicted molar refractivity (Wildman–Crippen MR) is 174 cm³/mol. The van der Waals surface area contributed by atoms with Gasteiger partial charge in [-0.25, -0.2) is 9.48 Å². The van der Waals surface area contributed by atoms with Crippen LogP contribution in [0, 0.1) is 0 Å². The molecule has 3 aliphatic rings. The number of hydrogen-bond acceptors (Lipinski definition) is 11. The maximum absolute atomic E-state index is 13.6. The topological polar surface area (TPSA) is 202 Å². The Morgan fingerprint density at radius 2 is 1.70 bits per heavy atom. The Hall–Kier alpha value is -5.19. The molecule has 5 rings (SSSR count). The van der Waals surface area contributed by atoms with E-state index in [-0.39, 0.29) is 75.1 Å². The molecule has 270 valence electrons. The summed E-state index contributed by atoms with van der Waals surface area (Å²) in [5.74, 6) is -2.87. The van der Waals surface area contributed by atoms with Gasteiger partial charge >= 0.3 is 12.1 Å². The summed E-state index contributed by atoms with van der Waals surface area (Å²) >= 11 is 0. The largest absolute Gasteiger partial charge is 0.527 e. The van der Waals surface area contributed by atoms with E-state index in [0.29, 0.717) is 25.1 Å². The summed E-state index contributed by atoms with van der Waals surface area (Å²) in [6.07, 6.45) is 0.664. The van der Waals surface area contributed by atoms with Crippen LogP contribution in [0.5, 0.6) is 5.88 Å². The fraction of sp³-hybridized carbons (Fsp3) is 0.545. The van der Waals surface area contributed by atoms with Gasteiger partial charge in [-0.2, -0.15) is 5.10 Å². The lowest BCUT2D eigenvalue weighted by molar-refractivity contribution is -0.157. The van der Waals surface area contributed by atoms with E-state index in [4.69, 9.17) is 14.3 Å². The molecular formula is C33H43N7O10. The summed E-state index contributed by atoms with van der Waals surface area (Å²) in [4.78, 5) is 84.7. The Morgan fingerprint density at radius 1 is 0.980 bits per heavy atom. The zero-order valence-corrected chi connectivity index (χ0v) is 28.1. The Labute approximate surface area is 288 Å². The molecular weight excluding hydrogens is 654 g/mol. The Bertz CT molecular complexity index is 1550. The van der Waals surface area contributed by atoms with Crippen LogP contribution in [-0.4, -0.2) is 129 Å². The lowest BCUT2D eigenvalue weighted by atomic mass is 10.1. The van der Waals surface area contributed by atoms with Gasteiger partial charge in [0.1, 0.15) is 12.1 Å². The van der Waals surface area contributed by atoms with Crippen molar-refractivity contribution in [2.24, 2.45) is 0 Å². The van der Waals surface area contributed by atoms with E-state index in [1.54, 1.807) is 44.2 Å². The van der Waals surface area contributed by atoms with E-state index in [2.05, 4.69) is 15.7 Å². The van der Waals surface area contributed by atoms with Crippen molar-refractivity contribution >= 4 is 35.8 Å². The number of nitrogens with one attached hydrogen (secondary N) is 2. The normalized spacial score (nSPS) is 18.9. The molecule has 3 heterocycles. The molecule has 3 fully saturated rings. The Balaban J connectivity index is 1.29. The fourth-order valence-electron chi connectivity index (χ4n) is 5.83. The van der Waals surface area contributed by atoms with Crippen LogP contribution in [0.4, 0.5) is 4.79 Å². The maximum atomic E-state index is 13.6. The number of aromatic nitrogens is 2. The number of hydrogen-bond donors (Lipinski definition) is 3. The van der Waals surface area contributed by atoms with Gasteiger partial charge in [-0.3, -0.25) is 24.0 Å². The highest BCUT2D eigenvalue weighted by atomic mass is 16.8. The van der Waals surface area contributed by atoms with Crippen molar-refractivity contribution in [1.82, 2.24) is 35.3 Å². The number of carboxylic acids is 1. The molecule has 2 aliphatic heterocycles. The molecule has 1 aromatic heterocycles. The minimum absolute atomic E-state index is 0.0755. The third-order valence-electron chi connectivity index (χ3n) is 8.58. The molecule has 4 amide bonds. The summed E-state index contributed by atoms with van der Waals surface area (Å²) in [5.41, 5.74) is 0.401. The van der Waals surface area contributed by atoms with Crippen LogP contribution in [0.15, 0.2) is 36.4 Å². The van der Waals surface area contributed by atoms with Crippen LogP contribution in [0.1, 0.15) is 62.9 Å². The van der Waals surface area contributed by atoms with Gasteiger partial charge in [0.05, 0.1) is 25.4 Å². The average molecular weight is 698 g/mol. The number of amides is 4. The van der Waals surface area contributed by atoms with Gasteiger partial charge in [0.25, 0.3) is 11.8 Å². The zero-order valence-electron chi connectivity index (χ0n) is 28.1. The minimum Gasteiger partial charge on any atom is -0.481 e. The molecule has 0 bridgehead atoms. The molecule has 1 aromatic carbocycles. The van der Waals surface area contributed by atoms with E-state index in [0.717, 1.165) is 12.8 Å². The van der Waals surface area contributed by atoms with Crippen molar-refractivity contribution < 1.29 is 48.2 Å². The minimum atomic E-state index is -1.20. The van der Waals surface area contributed by atoms with Crippen molar-refractivity contribution in [3.8, 4) is 11.6 Å². The van der Waals surface area contributed by atoms with Crippen molar-refractivity contribution in [2.75, 3.05) is 39.3 Å². The number of benzene rings is 1. The number of carboxylic acid groups (broad SMARTS) is 1. The van der Waals surface area contributed by atoms with Crippen molar-refractivity contribution in [3.63, 3.8) is 0 Å². The smallest absolute Gasteiger partial charge is 0.481 e. The summed E-state index contributed by atoms with van der Waals surface area (Å²) in [6.45, 7) is 4.47. The molecule has 0 radical (unpaired) electrons. The molecule has 2 aromatic rings. The molecule has 0 spiro atoms. The van der Waals surface area contributed by atoms with Crippen LogP contribution < -0.4 is 15.4 Å². The number of nitrogens with zero attached hydrogens (tertiary/aromatic N) is 5. The Kier molecular flexibility index (Phi) is 11.9. The Morgan fingerprint density at radius 3 is 2.36 bits per heavy atom. The lowest BCUT2D eigenvalue weighted by Crippen LogP contribution is -2.55. The number of carbonyl (C=O) groups is 6. The van der Waals surface area contributed by atoms with Gasteiger partial charge < -0.3 is 39.9 Å². The molecule has 2 saturated heterocycles. The second kappa shape index (κ2) is 16.5. The molecule has 1 unspecified atom stereocenters. The van der Waals surface area contributed by atoms with Gasteiger partial charge in [0, 0.05) is 38.2 Å². The molecule has 17 heteroatoms. The number of para-hydroxylation sites is 1. The predicted octanol–water partition coefficient (Wildman–Crippen LogP) is 1.10. The number of likely N-dealkylation sites (tertiary alicyclic amines) is 1. The second-order valence-corrected chi connectivity index (χ2v) is 12.3. The van der Waals surface area contributed by atoms with Crippen LogP contribution in [-0.2, 0) is 28.8 Å². The van der Waals surface area contributed by atoms with E-state index in [1.165, 1.54) is 25.6 Å². The van der Waals surface area contributed by atoms with Gasteiger partial charge in [-0.1, -0.05) is 18.2 Å². The van der Waals surface area contributed by atoms with E-state index < -0.39 is 42.1 Å². The molecule has 1 saturated carbocycles. The number of hydroxylamine groups is 2. The highest BCUT2D eigenvalue weighted by molar-refractivity contribution is 5.96. The molecule has 50 heavy (non-hydrogen) atoms. The number of ether oxygens (including phenoxy) is 2. The fourth-order valence-corrected chi connectivity index (χ4v) is 5.83. The van der Waals surface area contributed by atoms with Gasteiger partial charge in [0.2, 0.25) is 17.7 Å². The zero-order chi connectivity index (χ0) is 35.8. The first-order valence-electron chi connectivity index (χ1n) is 16.9. The van der Waals surface area contributed by atoms with Gasteiger partial charge in [-0.05, 0) is 58.1 Å². The number of carbonyl (C=O) groups excluding carboxylic acids is 5. The summed E-state index contributed by atoms with van der Waals surface area (Å²) in [5, 5.41) is 20.7. The summed E-state index contributed by atoms with van der Waals surface area (Å²) in [6, 6.07) is 8.53. The quantitative estimate of drug-likeness (QED) is 0.238. The molecule has 3 N–H and O–H groups in total. The number of piperazine rings is 1. The van der Waals surface area contributed by atoms with Crippen LogP contribution in [0.2, 0.25) is 0 Å². The number of aliphatic carboxylic acids is 1. The summed E-state index contributed by atoms with van der Waals surface area (Å²) in [7, 11) is 0. The second-order valence-electron chi connectivity index (χ2n) is 12.3.